The van der Waals surface area contributed by atoms with Crippen LogP contribution in [0.25, 0.3) is 11.1 Å². The highest BCUT2D eigenvalue weighted by atomic mass is 35.5. The van der Waals surface area contributed by atoms with Gasteiger partial charge in [-0.15, -0.1) is 0 Å². The number of likely N-dealkylation sites (N-methyl/N-ethyl adjacent to an activating group) is 1. The van der Waals surface area contributed by atoms with Crippen LogP contribution < -0.4 is 4.90 Å². The van der Waals surface area contributed by atoms with Crippen molar-refractivity contribution in [3.8, 4) is 11.1 Å². The lowest BCUT2D eigenvalue weighted by Gasteiger charge is -2.49. The second-order valence-electron chi connectivity index (χ2n) is 9.11. The van der Waals surface area contributed by atoms with Crippen molar-refractivity contribution in [3.63, 3.8) is 0 Å². The van der Waals surface area contributed by atoms with Crippen molar-refractivity contribution < 1.29 is 18.4 Å². The molecule has 2 saturated heterocycles. The van der Waals surface area contributed by atoms with E-state index in [1.165, 1.54) is 30.2 Å². The lowest BCUT2D eigenvalue weighted by Crippen LogP contribution is -2.63. The van der Waals surface area contributed by atoms with Crippen LogP contribution in [0.5, 0.6) is 0 Å². The summed E-state index contributed by atoms with van der Waals surface area (Å²) >= 11 is 6.11. The molecule has 2 aromatic carbocycles. The molecule has 0 radical (unpaired) electrons. The van der Waals surface area contributed by atoms with E-state index in [4.69, 9.17) is 16.3 Å². The van der Waals surface area contributed by atoms with Crippen molar-refractivity contribution in [1.82, 2.24) is 0 Å². The fraction of sp³-hybridized carbons (Fsp3) is 0.458. The molecular formula is C24H29ClFN2O2+. The fourth-order valence-electron chi connectivity index (χ4n) is 5.40. The van der Waals surface area contributed by atoms with Gasteiger partial charge in [0.05, 0.1) is 25.8 Å². The zero-order valence-electron chi connectivity index (χ0n) is 17.8. The van der Waals surface area contributed by atoms with Crippen molar-refractivity contribution in [2.75, 3.05) is 32.6 Å². The van der Waals surface area contributed by atoms with Crippen LogP contribution in [0.15, 0.2) is 42.5 Å². The Kier molecular flexibility index (Phi) is 5.54. The summed E-state index contributed by atoms with van der Waals surface area (Å²) in [5, 5.41) is 0.513. The van der Waals surface area contributed by atoms with Crippen molar-refractivity contribution in [1.29, 1.82) is 0 Å². The molecule has 2 heterocycles. The van der Waals surface area contributed by atoms with Gasteiger partial charge < -0.3 is 9.22 Å². The molecule has 4 nitrogen and oxygen atoms in total. The minimum atomic E-state index is -0.465. The zero-order valence-corrected chi connectivity index (χ0v) is 18.6. The molecule has 0 aromatic heterocycles. The predicted octanol–water partition coefficient (Wildman–Crippen LogP) is 5.88. The highest BCUT2D eigenvalue weighted by Crippen LogP contribution is 2.48. The summed E-state index contributed by atoms with van der Waals surface area (Å²) < 4.78 is 21.5. The van der Waals surface area contributed by atoms with Gasteiger partial charge in [0.1, 0.15) is 18.0 Å². The number of halogens is 2. The second kappa shape index (κ2) is 7.86. The number of anilines is 1. The van der Waals surface area contributed by atoms with Crippen LogP contribution in [0.3, 0.4) is 0 Å². The first-order chi connectivity index (χ1) is 14.2. The van der Waals surface area contributed by atoms with Crippen molar-refractivity contribution in [3.05, 3.63) is 53.3 Å². The van der Waals surface area contributed by atoms with Crippen LogP contribution in [0.1, 0.15) is 32.1 Å². The van der Waals surface area contributed by atoms with E-state index in [-0.39, 0.29) is 5.54 Å². The number of rotatable bonds is 4. The van der Waals surface area contributed by atoms with Crippen molar-refractivity contribution in [2.24, 2.45) is 0 Å². The first-order valence-electron chi connectivity index (χ1n) is 10.5. The normalized spacial score (nSPS) is 24.5. The Hall–Kier alpha value is -2.11. The van der Waals surface area contributed by atoms with Crippen LogP contribution in [0.4, 0.5) is 14.9 Å². The largest absolute Gasteiger partial charge is 0.443 e. The summed E-state index contributed by atoms with van der Waals surface area (Å²) in [5.74, 6) is -0.406. The van der Waals surface area contributed by atoms with Gasteiger partial charge in [0.15, 0.2) is 0 Å². The van der Waals surface area contributed by atoms with Gasteiger partial charge in [-0.2, -0.15) is 0 Å². The van der Waals surface area contributed by atoms with Crippen molar-refractivity contribution >= 4 is 23.4 Å². The molecule has 30 heavy (non-hydrogen) atoms. The Balaban J connectivity index is 1.56. The molecule has 0 aliphatic carbocycles. The van der Waals surface area contributed by atoms with E-state index in [0.29, 0.717) is 34.5 Å². The Labute approximate surface area is 182 Å². The quantitative estimate of drug-likeness (QED) is 0.565. The number of hydrogen-bond acceptors (Lipinski definition) is 2. The van der Waals surface area contributed by atoms with Crippen LogP contribution in [-0.4, -0.2) is 49.9 Å². The number of piperidine rings is 1. The number of hydrogen-bond donors (Lipinski definition) is 0. The lowest BCUT2D eigenvalue weighted by molar-refractivity contribution is -0.956. The molecule has 2 aromatic rings. The molecule has 6 heteroatoms. The molecule has 160 valence electrons. The van der Waals surface area contributed by atoms with Crippen molar-refractivity contribution in [2.45, 2.75) is 43.7 Å². The average Bonchev–Trinajstić information content (AvgIpc) is 2.87. The summed E-state index contributed by atoms with van der Waals surface area (Å²) in [4.78, 5) is 14.4. The SMILES string of the molecule is CN(C(=O)OC[C@]12CCC[C@H](CC1)[N+]2(C)C)c1cccc(F)c1-c1cccc(Cl)c1. The number of ether oxygens (including phenoxy) is 1. The maximum absolute atomic E-state index is 14.8. The van der Waals surface area contributed by atoms with E-state index in [1.807, 2.05) is 0 Å². The van der Waals surface area contributed by atoms with E-state index in [2.05, 4.69) is 14.1 Å². The van der Waals surface area contributed by atoms with Gasteiger partial charge in [-0.3, -0.25) is 4.90 Å². The Morgan fingerprint density at radius 1 is 1.23 bits per heavy atom. The smallest absolute Gasteiger partial charge is 0.414 e. The Morgan fingerprint density at radius 2 is 2.00 bits per heavy atom. The first kappa shape index (κ1) is 21.1. The molecule has 4 rings (SSSR count). The summed E-state index contributed by atoms with van der Waals surface area (Å²) in [5.41, 5.74) is 1.41. The van der Waals surface area contributed by atoms with Crippen LogP contribution >= 0.6 is 11.6 Å². The molecule has 0 unspecified atom stereocenters. The standard InChI is InChI=1S/C24H29ClFN2O2/c1-27(21-11-5-10-20(26)22(21)17-7-4-8-18(25)15-17)23(29)30-16-24-13-6-9-19(12-14-24)28(24,2)3/h4-5,7-8,10-11,15,19H,6,9,12-14,16H2,1-3H3/q+1/t19-,24+/m1/s1. The van der Waals surface area contributed by atoms with Gasteiger partial charge in [0, 0.05) is 36.9 Å². The van der Waals surface area contributed by atoms with E-state index < -0.39 is 11.9 Å². The van der Waals surface area contributed by atoms with E-state index in [0.717, 1.165) is 17.3 Å². The minimum Gasteiger partial charge on any atom is -0.443 e. The van der Waals surface area contributed by atoms with Crippen LogP contribution in [-0.2, 0) is 4.74 Å². The molecule has 0 spiro atoms. The highest BCUT2D eigenvalue weighted by molar-refractivity contribution is 6.30. The molecule has 0 saturated carbocycles. The molecule has 2 aliphatic heterocycles. The highest BCUT2D eigenvalue weighted by Gasteiger charge is 2.58. The number of carbonyl (C=O) groups is 1. The molecule has 2 aliphatic rings. The summed E-state index contributed by atoms with van der Waals surface area (Å²) in [7, 11) is 6.15. The number of carbonyl (C=O) groups excluding carboxylic acids is 1. The van der Waals surface area contributed by atoms with Crippen LogP contribution in [0, 0.1) is 5.82 Å². The molecule has 2 atom stereocenters. The average molecular weight is 432 g/mol. The van der Waals surface area contributed by atoms with Gasteiger partial charge in [-0.25, -0.2) is 9.18 Å². The van der Waals surface area contributed by atoms with Gasteiger partial charge in [-0.05, 0) is 42.7 Å². The van der Waals surface area contributed by atoms with E-state index >= 15 is 0 Å². The molecule has 1 amide bonds. The molecule has 2 bridgehead atoms. The summed E-state index contributed by atoms with van der Waals surface area (Å²) in [6.07, 6.45) is 5.30. The molecule has 0 N–H and O–H groups in total. The number of fused-ring (bicyclic) bond motifs is 2. The van der Waals surface area contributed by atoms with Gasteiger partial charge in [0.2, 0.25) is 0 Å². The fourth-order valence-corrected chi connectivity index (χ4v) is 5.59. The Bertz CT molecular complexity index is 960. The molecular weight excluding hydrogens is 403 g/mol. The molecule has 2 fully saturated rings. The van der Waals surface area contributed by atoms with Gasteiger partial charge in [-0.1, -0.05) is 29.8 Å². The van der Waals surface area contributed by atoms with Gasteiger partial charge >= 0.3 is 6.09 Å². The lowest BCUT2D eigenvalue weighted by atomic mass is 9.87. The summed E-state index contributed by atoms with van der Waals surface area (Å²) in [6.45, 7) is 0.390. The Morgan fingerprint density at radius 3 is 2.77 bits per heavy atom. The maximum Gasteiger partial charge on any atom is 0.414 e. The minimum absolute atomic E-state index is 0.0167. The zero-order chi connectivity index (χ0) is 21.5. The topological polar surface area (TPSA) is 29.5 Å². The monoisotopic (exact) mass is 431 g/mol. The first-order valence-corrected chi connectivity index (χ1v) is 10.9. The van der Waals surface area contributed by atoms with Gasteiger partial charge in [0.25, 0.3) is 0 Å². The number of amides is 1. The number of quaternary nitrogens is 1. The second-order valence-corrected chi connectivity index (χ2v) is 9.54. The third-order valence-electron chi connectivity index (χ3n) is 7.46. The predicted molar refractivity (Wildman–Crippen MR) is 118 cm³/mol. The summed E-state index contributed by atoms with van der Waals surface area (Å²) in [6, 6.07) is 12.3. The van der Waals surface area contributed by atoms with Crippen LogP contribution in [0.2, 0.25) is 5.02 Å². The van der Waals surface area contributed by atoms with E-state index in [1.54, 1.807) is 43.4 Å². The number of benzene rings is 2. The third kappa shape index (κ3) is 3.48. The number of nitrogens with zero attached hydrogens (tertiary/aromatic N) is 2. The third-order valence-corrected chi connectivity index (χ3v) is 7.70. The maximum atomic E-state index is 14.8. The van der Waals surface area contributed by atoms with E-state index in [9.17, 15) is 9.18 Å².